The van der Waals surface area contributed by atoms with E-state index in [2.05, 4.69) is 20.6 Å². The number of aliphatic imine (C=N–C) groups is 1. The van der Waals surface area contributed by atoms with Crippen molar-refractivity contribution < 1.29 is 9.53 Å². The first kappa shape index (κ1) is 21.0. The lowest BCUT2D eigenvalue weighted by atomic mass is 10.2. The van der Waals surface area contributed by atoms with Gasteiger partial charge in [-0.3, -0.25) is 4.79 Å². The minimum Gasteiger partial charge on any atom is -0.478 e. The van der Waals surface area contributed by atoms with Crippen LogP contribution in [0.5, 0.6) is 5.88 Å². The molecule has 0 aliphatic carbocycles. The van der Waals surface area contributed by atoms with Crippen LogP contribution in [0.2, 0.25) is 0 Å². The predicted octanol–water partition coefficient (Wildman–Crippen LogP) is 2.33. The van der Waals surface area contributed by atoms with Crippen molar-refractivity contribution in [1.82, 2.24) is 20.5 Å². The largest absolute Gasteiger partial charge is 0.478 e. The van der Waals surface area contributed by atoms with Crippen LogP contribution in [-0.4, -0.2) is 54.5 Å². The molecule has 150 valence electrons. The lowest BCUT2D eigenvalue weighted by molar-refractivity contribution is -0.130. The molecule has 0 unspecified atom stereocenters. The Balaban J connectivity index is 1.79. The monoisotopic (exact) mass is 375 g/mol. The number of hydrogen-bond donors (Lipinski definition) is 2. The quantitative estimate of drug-likeness (QED) is 0.393. The third-order valence-electron chi connectivity index (χ3n) is 4.42. The molecule has 7 heteroatoms. The Morgan fingerprint density at radius 2 is 2.19 bits per heavy atom. The molecule has 2 heterocycles. The Hall–Kier alpha value is -2.31. The Morgan fingerprint density at radius 3 is 3.00 bits per heavy atom. The molecular weight excluding hydrogens is 342 g/mol. The maximum absolute atomic E-state index is 12.0. The van der Waals surface area contributed by atoms with Gasteiger partial charge in [-0.2, -0.15) is 0 Å². The van der Waals surface area contributed by atoms with Gasteiger partial charge in [0.2, 0.25) is 11.8 Å². The van der Waals surface area contributed by atoms with E-state index in [1.165, 1.54) is 0 Å². The summed E-state index contributed by atoms with van der Waals surface area (Å²) >= 11 is 0. The highest BCUT2D eigenvalue weighted by molar-refractivity contribution is 5.79. The van der Waals surface area contributed by atoms with E-state index < -0.39 is 0 Å². The number of carbonyl (C=O) groups is 1. The van der Waals surface area contributed by atoms with Gasteiger partial charge >= 0.3 is 0 Å². The number of nitrogens with one attached hydrogen (secondary N) is 2. The van der Waals surface area contributed by atoms with Crippen molar-refractivity contribution in [3.63, 3.8) is 0 Å². The summed E-state index contributed by atoms with van der Waals surface area (Å²) < 4.78 is 5.43. The first-order valence-electron chi connectivity index (χ1n) is 10.1. The van der Waals surface area contributed by atoms with Crippen LogP contribution in [0.15, 0.2) is 23.3 Å². The third kappa shape index (κ3) is 7.85. The highest BCUT2D eigenvalue weighted by Crippen LogP contribution is 2.11. The van der Waals surface area contributed by atoms with E-state index in [1.807, 2.05) is 30.9 Å². The smallest absolute Gasteiger partial charge is 0.222 e. The van der Waals surface area contributed by atoms with Crippen molar-refractivity contribution in [3.8, 4) is 5.88 Å². The topological polar surface area (TPSA) is 78.9 Å². The molecule has 0 radical (unpaired) electrons. The maximum Gasteiger partial charge on any atom is 0.222 e. The van der Waals surface area contributed by atoms with Crippen molar-refractivity contribution in [2.45, 2.75) is 52.5 Å². The van der Waals surface area contributed by atoms with Gasteiger partial charge in [-0.15, -0.1) is 0 Å². The zero-order valence-corrected chi connectivity index (χ0v) is 16.7. The van der Waals surface area contributed by atoms with E-state index in [4.69, 9.17) is 4.74 Å². The van der Waals surface area contributed by atoms with E-state index >= 15 is 0 Å². The van der Waals surface area contributed by atoms with Crippen LogP contribution in [0.3, 0.4) is 0 Å². The number of aromatic nitrogens is 1. The number of amides is 1. The zero-order chi connectivity index (χ0) is 19.3. The summed E-state index contributed by atoms with van der Waals surface area (Å²) in [6, 6.07) is 3.86. The van der Waals surface area contributed by atoms with Crippen molar-refractivity contribution in [1.29, 1.82) is 0 Å². The minimum absolute atomic E-state index is 0.302. The number of pyridine rings is 1. The van der Waals surface area contributed by atoms with E-state index in [1.54, 1.807) is 6.20 Å². The molecule has 0 spiro atoms. The molecular formula is C20H33N5O2. The Kier molecular flexibility index (Phi) is 9.44. The molecule has 1 saturated heterocycles. The summed E-state index contributed by atoms with van der Waals surface area (Å²) in [5.41, 5.74) is 1.06. The first-order chi connectivity index (χ1) is 13.2. The normalized spacial score (nSPS) is 15.4. The highest BCUT2D eigenvalue weighted by Gasteiger charge is 2.15. The van der Waals surface area contributed by atoms with Crippen LogP contribution >= 0.6 is 0 Å². The van der Waals surface area contributed by atoms with Crippen molar-refractivity contribution in [2.24, 2.45) is 4.99 Å². The summed E-state index contributed by atoms with van der Waals surface area (Å²) in [6.07, 6.45) is 6.68. The first-order valence-corrected chi connectivity index (χ1v) is 10.1. The SMILES string of the molecule is CCNC(=NCc1ccnc(OCC)c1)NCCCN1CCCCCC1=O. The molecule has 0 saturated carbocycles. The van der Waals surface area contributed by atoms with Gasteiger partial charge in [0.15, 0.2) is 5.96 Å². The highest BCUT2D eigenvalue weighted by atomic mass is 16.5. The van der Waals surface area contributed by atoms with E-state index in [9.17, 15) is 4.79 Å². The van der Waals surface area contributed by atoms with Gasteiger partial charge in [-0.05, 0) is 44.7 Å². The second kappa shape index (κ2) is 12.1. The molecule has 1 aromatic heterocycles. The maximum atomic E-state index is 12.0. The summed E-state index contributed by atoms with van der Waals surface area (Å²) in [4.78, 5) is 22.8. The Morgan fingerprint density at radius 1 is 1.30 bits per heavy atom. The Labute approximate surface area is 162 Å². The Bertz CT molecular complexity index is 606. The van der Waals surface area contributed by atoms with E-state index in [-0.39, 0.29) is 0 Å². The minimum atomic E-state index is 0.302. The summed E-state index contributed by atoms with van der Waals surface area (Å²) in [7, 11) is 0. The molecule has 0 aromatic carbocycles. The molecule has 1 fully saturated rings. The van der Waals surface area contributed by atoms with Crippen molar-refractivity contribution in [3.05, 3.63) is 23.9 Å². The van der Waals surface area contributed by atoms with Gasteiger partial charge in [0.25, 0.3) is 0 Å². The number of carbonyl (C=O) groups excluding carboxylic acids is 1. The zero-order valence-electron chi connectivity index (χ0n) is 16.7. The fourth-order valence-corrected chi connectivity index (χ4v) is 3.04. The molecule has 27 heavy (non-hydrogen) atoms. The molecule has 2 N–H and O–H groups in total. The third-order valence-corrected chi connectivity index (χ3v) is 4.42. The molecule has 1 aliphatic rings. The van der Waals surface area contributed by atoms with Gasteiger partial charge in [-0.1, -0.05) is 6.42 Å². The second-order valence-corrected chi connectivity index (χ2v) is 6.60. The summed E-state index contributed by atoms with van der Waals surface area (Å²) in [6.45, 7) is 8.45. The number of nitrogens with zero attached hydrogens (tertiary/aromatic N) is 3. The molecule has 1 aromatic rings. The molecule has 0 bridgehead atoms. The number of guanidine groups is 1. The van der Waals surface area contributed by atoms with Crippen LogP contribution in [0, 0.1) is 0 Å². The number of likely N-dealkylation sites (tertiary alicyclic amines) is 1. The van der Waals surface area contributed by atoms with E-state index in [0.717, 1.165) is 63.4 Å². The standard InChI is InChI=1S/C20H33N5O2/c1-3-21-20(24-16-17-10-12-22-18(15-17)27-4-2)23-11-8-14-25-13-7-5-6-9-19(25)26/h10,12,15H,3-9,11,13-14,16H2,1-2H3,(H2,21,23,24). The number of hydrogen-bond acceptors (Lipinski definition) is 4. The molecule has 2 rings (SSSR count). The molecule has 0 atom stereocenters. The lowest BCUT2D eigenvalue weighted by Crippen LogP contribution is -2.39. The van der Waals surface area contributed by atoms with Gasteiger partial charge in [0.05, 0.1) is 13.2 Å². The number of ether oxygens (including phenoxy) is 1. The van der Waals surface area contributed by atoms with Gasteiger partial charge in [0.1, 0.15) is 0 Å². The van der Waals surface area contributed by atoms with Crippen molar-refractivity contribution >= 4 is 11.9 Å². The van der Waals surface area contributed by atoms with Gasteiger partial charge < -0.3 is 20.3 Å². The van der Waals surface area contributed by atoms with E-state index in [0.29, 0.717) is 31.4 Å². The van der Waals surface area contributed by atoms with Crippen LogP contribution in [-0.2, 0) is 11.3 Å². The van der Waals surface area contributed by atoms with Gasteiger partial charge in [0, 0.05) is 44.9 Å². The summed E-state index contributed by atoms with van der Waals surface area (Å²) in [5.74, 6) is 1.72. The van der Waals surface area contributed by atoms with Crippen LogP contribution < -0.4 is 15.4 Å². The predicted molar refractivity (Wildman–Crippen MR) is 108 cm³/mol. The van der Waals surface area contributed by atoms with Crippen LogP contribution in [0.25, 0.3) is 0 Å². The summed E-state index contributed by atoms with van der Waals surface area (Å²) in [5, 5.41) is 6.62. The molecule has 7 nitrogen and oxygen atoms in total. The lowest BCUT2D eigenvalue weighted by Gasteiger charge is -2.20. The number of rotatable bonds is 9. The second-order valence-electron chi connectivity index (χ2n) is 6.60. The molecule has 1 aliphatic heterocycles. The van der Waals surface area contributed by atoms with Crippen LogP contribution in [0.4, 0.5) is 0 Å². The average molecular weight is 376 g/mol. The van der Waals surface area contributed by atoms with Crippen LogP contribution in [0.1, 0.15) is 51.5 Å². The molecule has 1 amide bonds. The van der Waals surface area contributed by atoms with Crippen molar-refractivity contribution in [2.75, 3.05) is 32.8 Å². The fraction of sp³-hybridized carbons (Fsp3) is 0.650. The van der Waals surface area contributed by atoms with Gasteiger partial charge in [-0.25, -0.2) is 9.98 Å². The fourth-order valence-electron chi connectivity index (χ4n) is 3.04. The average Bonchev–Trinajstić information content (AvgIpc) is 2.88.